The fourth-order valence-electron chi connectivity index (χ4n) is 2.36. The van der Waals surface area contributed by atoms with E-state index in [1.54, 1.807) is 0 Å². The molecule has 2 aromatic heterocycles. The zero-order chi connectivity index (χ0) is 13.6. The highest BCUT2D eigenvalue weighted by Gasteiger charge is 2.45. The van der Waals surface area contributed by atoms with Crippen LogP contribution in [0.15, 0.2) is 12.1 Å². The number of aromatic nitrogens is 4. The van der Waals surface area contributed by atoms with Crippen molar-refractivity contribution in [1.29, 1.82) is 0 Å². The van der Waals surface area contributed by atoms with Crippen molar-refractivity contribution in [2.45, 2.75) is 45.7 Å². The molecule has 2 atom stereocenters. The van der Waals surface area contributed by atoms with E-state index in [0.717, 1.165) is 22.8 Å². The molecule has 0 amide bonds. The molecule has 6 heteroatoms. The van der Waals surface area contributed by atoms with Crippen LogP contribution in [0.5, 0.6) is 0 Å². The Bertz CT molecular complexity index is 537. The van der Waals surface area contributed by atoms with Crippen LogP contribution < -0.4 is 0 Å². The predicted octanol–water partition coefficient (Wildman–Crippen LogP) is 2.31. The molecule has 0 bridgehead atoms. The Morgan fingerprint density at radius 1 is 0.947 bits per heavy atom. The number of ether oxygens (including phenoxy) is 2. The SMILES string of the molecule is Cc1cc([C@@H]2OC(C)(C)O[C@H]2c2cc(C)[nH]n2)n[nH]1. The van der Waals surface area contributed by atoms with Gasteiger partial charge < -0.3 is 9.47 Å². The highest BCUT2D eigenvalue weighted by Crippen LogP contribution is 2.45. The highest BCUT2D eigenvalue weighted by atomic mass is 16.8. The minimum atomic E-state index is -0.644. The minimum Gasteiger partial charge on any atom is -0.338 e. The van der Waals surface area contributed by atoms with E-state index >= 15 is 0 Å². The molecule has 1 aliphatic heterocycles. The van der Waals surface area contributed by atoms with Gasteiger partial charge in [-0.25, -0.2) is 0 Å². The molecule has 1 fully saturated rings. The summed E-state index contributed by atoms with van der Waals surface area (Å²) in [6.07, 6.45) is -0.495. The highest BCUT2D eigenvalue weighted by molar-refractivity contribution is 5.19. The molecule has 19 heavy (non-hydrogen) atoms. The standard InChI is InChI=1S/C13H18N4O2/c1-7-5-9(16-14-7)11-12(19-13(3,4)18-11)10-6-8(2)15-17-10/h5-6,11-12H,1-4H3,(H,14,16)(H,15,17)/t11-,12-/m0/s1. The second-order valence-corrected chi connectivity index (χ2v) is 5.43. The first kappa shape index (κ1) is 12.4. The van der Waals surface area contributed by atoms with Gasteiger partial charge in [0.05, 0.1) is 11.4 Å². The quantitative estimate of drug-likeness (QED) is 0.870. The van der Waals surface area contributed by atoms with Crippen molar-refractivity contribution in [1.82, 2.24) is 20.4 Å². The Morgan fingerprint density at radius 3 is 1.68 bits per heavy atom. The predicted molar refractivity (Wildman–Crippen MR) is 68.4 cm³/mol. The molecule has 1 aliphatic rings. The molecule has 0 spiro atoms. The van der Waals surface area contributed by atoms with Crippen molar-refractivity contribution in [3.63, 3.8) is 0 Å². The number of aryl methyl sites for hydroxylation is 2. The molecule has 1 saturated heterocycles. The third-order valence-electron chi connectivity index (χ3n) is 3.13. The van der Waals surface area contributed by atoms with Crippen LogP contribution in [-0.4, -0.2) is 26.2 Å². The molecule has 0 unspecified atom stereocenters. The molecule has 102 valence electrons. The second kappa shape index (κ2) is 4.18. The molecular formula is C13H18N4O2. The normalized spacial score (nSPS) is 25.9. The lowest BCUT2D eigenvalue weighted by atomic mass is 10.1. The van der Waals surface area contributed by atoms with Gasteiger partial charge >= 0.3 is 0 Å². The van der Waals surface area contributed by atoms with Crippen molar-refractivity contribution < 1.29 is 9.47 Å². The lowest BCUT2D eigenvalue weighted by Crippen LogP contribution is -2.20. The van der Waals surface area contributed by atoms with Gasteiger partial charge in [-0.05, 0) is 39.8 Å². The third kappa shape index (κ3) is 2.29. The maximum absolute atomic E-state index is 5.97. The molecule has 0 aliphatic carbocycles. The average Bonchev–Trinajstić information content (AvgIpc) is 2.98. The van der Waals surface area contributed by atoms with Gasteiger partial charge in [-0.3, -0.25) is 10.2 Å². The average molecular weight is 262 g/mol. The van der Waals surface area contributed by atoms with Gasteiger partial charge in [0.1, 0.15) is 12.2 Å². The van der Waals surface area contributed by atoms with Gasteiger partial charge in [0, 0.05) is 11.4 Å². The van der Waals surface area contributed by atoms with Crippen LogP contribution in [0.4, 0.5) is 0 Å². The fourth-order valence-corrected chi connectivity index (χ4v) is 2.36. The number of H-pyrrole nitrogens is 2. The Balaban J connectivity index is 1.96. The van der Waals surface area contributed by atoms with Gasteiger partial charge in [0.15, 0.2) is 5.79 Å². The molecule has 2 N–H and O–H groups in total. The van der Waals surface area contributed by atoms with Crippen molar-refractivity contribution in [2.24, 2.45) is 0 Å². The zero-order valence-corrected chi connectivity index (χ0v) is 11.5. The third-order valence-corrected chi connectivity index (χ3v) is 3.13. The van der Waals surface area contributed by atoms with Gasteiger partial charge in [-0.2, -0.15) is 10.2 Å². The van der Waals surface area contributed by atoms with Gasteiger partial charge in [0.2, 0.25) is 0 Å². The topological polar surface area (TPSA) is 75.8 Å². The lowest BCUT2D eigenvalue weighted by molar-refractivity contribution is -0.148. The van der Waals surface area contributed by atoms with E-state index in [4.69, 9.17) is 9.47 Å². The molecule has 3 heterocycles. The maximum atomic E-state index is 5.97. The molecule has 3 rings (SSSR count). The Hall–Kier alpha value is -1.66. The Labute approximate surface area is 111 Å². The maximum Gasteiger partial charge on any atom is 0.164 e. The first-order chi connectivity index (χ1) is 8.94. The molecule has 2 aromatic rings. The van der Waals surface area contributed by atoms with Crippen LogP contribution in [0.25, 0.3) is 0 Å². The zero-order valence-electron chi connectivity index (χ0n) is 11.5. The first-order valence-electron chi connectivity index (χ1n) is 6.34. The lowest BCUT2D eigenvalue weighted by Gasteiger charge is -2.16. The summed E-state index contributed by atoms with van der Waals surface area (Å²) in [6.45, 7) is 7.73. The summed E-state index contributed by atoms with van der Waals surface area (Å²) in [7, 11) is 0. The monoisotopic (exact) mass is 262 g/mol. The van der Waals surface area contributed by atoms with Crippen LogP contribution in [0.3, 0.4) is 0 Å². The Kier molecular flexibility index (Phi) is 2.72. The Morgan fingerprint density at radius 2 is 1.37 bits per heavy atom. The van der Waals surface area contributed by atoms with E-state index in [1.165, 1.54) is 0 Å². The summed E-state index contributed by atoms with van der Waals surface area (Å²) in [4.78, 5) is 0. The number of rotatable bonds is 2. The van der Waals surface area contributed by atoms with Crippen LogP contribution in [0, 0.1) is 13.8 Å². The summed E-state index contributed by atoms with van der Waals surface area (Å²) in [5.74, 6) is -0.644. The van der Waals surface area contributed by atoms with Gasteiger partial charge in [-0.1, -0.05) is 0 Å². The molecule has 6 nitrogen and oxygen atoms in total. The van der Waals surface area contributed by atoms with Gasteiger partial charge in [0.25, 0.3) is 0 Å². The van der Waals surface area contributed by atoms with Crippen LogP contribution in [0.1, 0.15) is 48.8 Å². The minimum absolute atomic E-state index is 0.248. The van der Waals surface area contributed by atoms with E-state index in [9.17, 15) is 0 Å². The fraction of sp³-hybridized carbons (Fsp3) is 0.538. The number of hydrogen-bond acceptors (Lipinski definition) is 4. The van der Waals surface area contributed by atoms with Crippen molar-refractivity contribution in [3.8, 4) is 0 Å². The van der Waals surface area contributed by atoms with E-state index < -0.39 is 5.79 Å². The molecular weight excluding hydrogens is 244 g/mol. The second-order valence-electron chi connectivity index (χ2n) is 5.43. The van der Waals surface area contributed by atoms with Crippen LogP contribution in [0.2, 0.25) is 0 Å². The van der Waals surface area contributed by atoms with E-state index in [2.05, 4.69) is 20.4 Å². The van der Waals surface area contributed by atoms with E-state index in [0.29, 0.717) is 0 Å². The molecule has 0 saturated carbocycles. The number of nitrogens with one attached hydrogen (secondary N) is 2. The first-order valence-corrected chi connectivity index (χ1v) is 6.34. The summed E-state index contributed by atoms with van der Waals surface area (Å²) >= 11 is 0. The molecule has 0 aromatic carbocycles. The summed E-state index contributed by atoms with van der Waals surface area (Å²) < 4.78 is 11.9. The van der Waals surface area contributed by atoms with Crippen LogP contribution >= 0.6 is 0 Å². The van der Waals surface area contributed by atoms with E-state index in [-0.39, 0.29) is 12.2 Å². The number of hydrogen-bond donors (Lipinski definition) is 2. The van der Waals surface area contributed by atoms with Crippen LogP contribution in [-0.2, 0) is 9.47 Å². The van der Waals surface area contributed by atoms with Crippen molar-refractivity contribution >= 4 is 0 Å². The van der Waals surface area contributed by atoms with E-state index in [1.807, 2.05) is 39.8 Å². The number of nitrogens with zero attached hydrogens (tertiary/aromatic N) is 2. The number of aromatic amines is 2. The summed E-state index contributed by atoms with van der Waals surface area (Å²) in [5, 5.41) is 14.4. The largest absolute Gasteiger partial charge is 0.338 e. The summed E-state index contributed by atoms with van der Waals surface area (Å²) in [6, 6.07) is 3.95. The smallest absolute Gasteiger partial charge is 0.164 e. The molecule has 0 radical (unpaired) electrons. The van der Waals surface area contributed by atoms with Gasteiger partial charge in [-0.15, -0.1) is 0 Å². The van der Waals surface area contributed by atoms with Crippen molar-refractivity contribution in [2.75, 3.05) is 0 Å². The van der Waals surface area contributed by atoms with Crippen molar-refractivity contribution in [3.05, 3.63) is 34.9 Å². The summed E-state index contributed by atoms with van der Waals surface area (Å²) in [5.41, 5.74) is 3.68.